The zero-order valence-electron chi connectivity index (χ0n) is 15.6. The van der Waals surface area contributed by atoms with Gasteiger partial charge >= 0.3 is 0 Å². The van der Waals surface area contributed by atoms with Crippen LogP contribution in [0.15, 0.2) is 77.7 Å². The molecule has 1 aliphatic carbocycles. The van der Waals surface area contributed by atoms with Gasteiger partial charge in [-0.3, -0.25) is 4.18 Å². The summed E-state index contributed by atoms with van der Waals surface area (Å²) in [7, 11) is -2.55. The van der Waals surface area contributed by atoms with Crippen molar-refractivity contribution in [2.75, 3.05) is 7.11 Å². The fourth-order valence-corrected chi connectivity index (χ4v) is 4.88. The third-order valence-electron chi connectivity index (χ3n) is 5.56. The van der Waals surface area contributed by atoms with E-state index in [0.717, 1.165) is 24.0 Å². The van der Waals surface area contributed by atoms with Gasteiger partial charge in [-0.1, -0.05) is 48.5 Å². The minimum absolute atomic E-state index is 0.0889. The van der Waals surface area contributed by atoms with E-state index in [9.17, 15) is 13.5 Å². The summed E-state index contributed by atoms with van der Waals surface area (Å²) in [5.41, 5.74) is 4.64. The first-order chi connectivity index (χ1) is 13.5. The highest BCUT2D eigenvalue weighted by Gasteiger charge is 2.32. The molecule has 0 radical (unpaired) electrons. The lowest BCUT2D eigenvalue weighted by Gasteiger charge is -2.34. The number of phenols is 1. The van der Waals surface area contributed by atoms with Crippen molar-refractivity contribution in [2.24, 2.45) is 0 Å². The molecular formula is C23H22O4S. The Balaban J connectivity index is 1.82. The van der Waals surface area contributed by atoms with Crippen LogP contribution in [0, 0.1) is 0 Å². The highest BCUT2D eigenvalue weighted by Crippen LogP contribution is 2.46. The molecule has 2 unspecified atom stereocenters. The van der Waals surface area contributed by atoms with Gasteiger partial charge in [-0.25, -0.2) is 0 Å². The monoisotopic (exact) mass is 394 g/mol. The van der Waals surface area contributed by atoms with Crippen LogP contribution in [0.25, 0.3) is 0 Å². The smallest absolute Gasteiger partial charge is 0.296 e. The number of hydrogen-bond donors (Lipinski definition) is 1. The summed E-state index contributed by atoms with van der Waals surface area (Å²) in [5, 5.41) is 9.90. The summed E-state index contributed by atoms with van der Waals surface area (Å²) >= 11 is 0. The van der Waals surface area contributed by atoms with Crippen LogP contribution < -0.4 is 0 Å². The van der Waals surface area contributed by atoms with Crippen molar-refractivity contribution in [3.8, 4) is 5.75 Å². The maximum absolute atomic E-state index is 12.0. The topological polar surface area (TPSA) is 63.6 Å². The molecule has 0 aliphatic heterocycles. The molecule has 4 rings (SSSR count). The van der Waals surface area contributed by atoms with E-state index in [4.69, 9.17) is 0 Å². The molecule has 0 saturated carbocycles. The first-order valence-corrected chi connectivity index (χ1v) is 10.7. The van der Waals surface area contributed by atoms with Gasteiger partial charge in [0.25, 0.3) is 10.1 Å². The molecule has 144 valence electrons. The summed E-state index contributed by atoms with van der Waals surface area (Å²) in [6, 6.07) is 22.9. The van der Waals surface area contributed by atoms with E-state index in [1.165, 1.54) is 18.2 Å². The van der Waals surface area contributed by atoms with Crippen molar-refractivity contribution in [1.82, 2.24) is 0 Å². The van der Waals surface area contributed by atoms with Gasteiger partial charge in [-0.15, -0.1) is 0 Å². The van der Waals surface area contributed by atoms with E-state index < -0.39 is 10.1 Å². The molecule has 3 aromatic carbocycles. The molecule has 4 nitrogen and oxygen atoms in total. The third kappa shape index (κ3) is 3.43. The van der Waals surface area contributed by atoms with Crippen LogP contribution in [0.1, 0.15) is 40.5 Å². The Bertz CT molecular complexity index is 1070. The molecule has 1 aliphatic rings. The zero-order chi connectivity index (χ0) is 19.7. The number of aryl methyl sites for hydroxylation is 1. The Kier molecular flexibility index (Phi) is 4.96. The van der Waals surface area contributed by atoms with Gasteiger partial charge in [0.05, 0.1) is 12.0 Å². The van der Waals surface area contributed by atoms with Gasteiger partial charge in [0.2, 0.25) is 0 Å². The van der Waals surface area contributed by atoms with Crippen LogP contribution >= 0.6 is 0 Å². The largest absolute Gasteiger partial charge is 0.508 e. The van der Waals surface area contributed by atoms with Crippen LogP contribution in [-0.2, 0) is 20.7 Å². The molecule has 0 heterocycles. The molecule has 5 heteroatoms. The Morgan fingerprint density at radius 3 is 2.32 bits per heavy atom. The third-order valence-corrected chi connectivity index (χ3v) is 6.85. The van der Waals surface area contributed by atoms with Crippen molar-refractivity contribution < 1.29 is 17.7 Å². The first-order valence-electron chi connectivity index (χ1n) is 9.27. The second kappa shape index (κ2) is 7.41. The molecular weight excluding hydrogens is 372 g/mol. The van der Waals surface area contributed by atoms with Crippen molar-refractivity contribution in [2.45, 2.75) is 29.6 Å². The number of fused-ring (bicyclic) bond motifs is 1. The van der Waals surface area contributed by atoms with Crippen LogP contribution in [0.3, 0.4) is 0 Å². The maximum Gasteiger partial charge on any atom is 0.296 e. The quantitative estimate of drug-likeness (QED) is 0.658. The lowest BCUT2D eigenvalue weighted by atomic mass is 9.69. The highest BCUT2D eigenvalue weighted by atomic mass is 32.2. The fourth-order valence-electron chi connectivity index (χ4n) is 4.22. The minimum Gasteiger partial charge on any atom is -0.508 e. The van der Waals surface area contributed by atoms with Gasteiger partial charge in [0, 0.05) is 5.92 Å². The summed E-state index contributed by atoms with van der Waals surface area (Å²) in [4.78, 5) is 0.150. The molecule has 2 atom stereocenters. The van der Waals surface area contributed by atoms with Crippen LogP contribution in [0.4, 0.5) is 0 Å². The van der Waals surface area contributed by atoms with Crippen molar-refractivity contribution in [1.29, 1.82) is 0 Å². The first kappa shape index (κ1) is 18.7. The summed E-state index contributed by atoms with van der Waals surface area (Å²) in [5.74, 6) is 0.645. The second-order valence-corrected chi connectivity index (χ2v) is 8.82. The Hall–Kier alpha value is -2.63. The number of phenolic OH excluding ortho intramolecular Hbond substituents is 1. The molecule has 0 fully saturated rings. The molecule has 0 bridgehead atoms. The van der Waals surface area contributed by atoms with Crippen LogP contribution in [-0.4, -0.2) is 20.6 Å². The number of benzene rings is 3. The van der Waals surface area contributed by atoms with Crippen LogP contribution in [0.5, 0.6) is 5.75 Å². The van der Waals surface area contributed by atoms with E-state index in [1.54, 1.807) is 18.2 Å². The predicted molar refractivity (Wildman–Crippen MR) is 108 cm³/mol. The average molecular weight is 394 g/mol. The number of rotatable bonds is 4. The lowest BCUT2D eigenvalue weighted by Crippen LogP contribution is -2.20. The molecule has 0 amide bonds. The van der Waals surface area contributed by atoms with Gasteiger partial charge < -0.3 is 5.11 Å². The van der Waals surface area contributed by atoms with E-state index in [-0.39, 0.29) is 22.5 Å². The molecule has 0 saturated heterocycles. The Morgan fingerprint density at radius 1 is 0.929 bits per heavy atom. The van der Waals surface area contributed by atoms with Gasteiger partial charge in [-0.05, 0) is 65.3 Å². The summed E-state index contributed by atoms with van der Waals surface area (Å²) < 4.78 is 28.5. The Morgan fingerprint density at radius 2 is 1.64 bits per heavy atom. The standard InChI is InChI=1S/C23H22O4S/c1-27-28(25,26)20-11-7-17(8-12-20)23-21(16-5-3-2-4-6-16)13-9-18-15-19(24)10-14-22(18)23/h2-8,10-12,14-15,21,23-24H,9,13H2,1H3. The van der Waals surface area contributed by atoms with E-state index in [2.05, 4.69) is 16.3 Å². The Labute approximate surface area is 165 Å². The number of hydrogen-bond acceptors (Lipinski definition) is 4. The molecule has 0 aromatic heterocycles. The molecule has 3 aromatic rings. The predicted octanol–water partition coefficient (Wildman–Crippen LogP) is 4.59. The summed E-state index contributed by atoms with van der Waals surface area (Å²) in [6.45, 7) is 0. The fraction of sp³-hybridized carbons (Fsp3) is 0.217. The van der Waals surface area contributed by atoms with E-state index in [0.29, 0.717) is 0 Å². The lowest BCUT2D eigenvalue weighted by molar-refractivity contribution is 0.397. The van der Waals surface area contributed by atoms with Gasteiger partial charge in [0.1, 0.15) is 5.75 Å². The highest BCUT2D eigenvalue weighted by molar-refractivity contribution is 7.86. The van der Waals surface area contributed by atoms with Crippen molar-refractivity contribution in [3.05, 3.63) is 95.1 Å². The molecule has 28 heavy (non-hydrogen) atoms. The average Bonchev–Trinajstić information content (AvgIpc) is 2.73. The maximum atomic E-state index is 12.0. The second-order valence-electron chi connectivity index (χ2n) is 7.11. The molecule has 1 N–H and O–H groups in total. The van der Waals surface area contributed by atoms with E-state index in [1.807, 2.05) is 42.5 Å². The normalized spacial score (nSPS) is 19.2. The summed E-state index contributed by atoms with van der Waals surface area (Å²) in [6.07, 6.45) is 1.86. The van der Waals surface area contributed by atoms with Gasteiger partial charge in [-0.2, -0.15) is 8.42 Å². The van der Waals surface area contributed by atoms with Gasteiger partial charge in [0.15, 0.2) is 0 Å². The van der Waals surface area contributed by atoms with Crippen molar-refractivity contribution in [3.63, 3.8) is 0 Å². The SMILES string of the molecule is COS(=O)(=O)c1ccc(C2c3ccc(O)cc3CCC2c2ccccc2)cc1. The van der Waals surface area contributed by atoms with Crippen molar-refractivity contribution >= 4 is 10.1 Å². The minimum atomic E-state index is -3.71. The zero-order valence-corrected chi connectivity index (χ0v) is 16.4. The van der Waals surface area contributed by atoms with Crippen LogP contribution in [0.2, 0.25) is 0 Å². The molecule has 0 spiro atoms. The van der Waals surface area contributed by atoms with E-state index >= 15 is 0 Å². The number of aromatic hydroxyl groups is 1.